The first-order valence-corrected chi connectivity index (χ1v) is 11.6. The Hall–Kier alpha value is -2.32. The van der Waals surface area contributed by atoms with Crippen molar-refractivity contribution in [3.8, 4) is 17.0 Å². The summed E-state index contributed by atoms with van der Waals surface area (Å²) in [5.74, 6) is -0.303. The monoisotopic (exact) mass is 482 g/mol. The van der Waals surface area contributed by atoms with Gasteiger partial charge in [-0.05, 0) is 62.8 Å². The highest BCUT2D eigenvalue weighted by molar-refractivity contribution is 6.33. The molecule has 1 heterocycles. The molecule has 5 nitrogen and oxygen atoms in total. The number of ether oxygens (including phenoxy) is 1. The molecule has 0 radical (unpaired) electrons. The van der Waals surface area contributed by atoms with Gasteiger partial charge in [-0.3, -0.25) is 4.79 Å². The highest BCUT2D eigenvalue weighted by atomic mass is 35.5. The number of aliphatic hydroxyl groups is 1. The minimum atomic E-state index is -4.55. The second-order valence-corrected chi connectivity index (χ2v) is 9.13. The van der Waals surface area contributed by atoms with E-state index in [1.807, 2.05) is 0 Å². The highest BCUT2D eigenvalue weighted by Crippen LogP contribution is 2.40. The van der Waals surface area contributed by atoms with Crippen molar-refractivity contribution in [2.24, 2.45) is 0 Å². The van der Waals surface area contributed by atoms with Crippen LogP contribution in [0.15, 0.2) is 30.5 Å². The Balaban J connectivity index is 1.70. The lowest BCUT2D eigenvalue weighted by Gasteiger charge is -2.28. The van der Waals surface area contributed by atoms with Gasteiger partial charge in [0.15, 0.2) is 0 Å². The summed E-state index contributed by atoms with van der Waals surface area (Å²) in [5, 5.41) is 13.1. The maximum absolute atomic E-state index is 13.4. The lowest BCUT2D eigenvalue weighted by Crippen LogP contribution is -2.45. The zero-order chi connectivity index (χ0) is 23.6. The van der Waals surface area contributed by atoms with Crippen molar-refractivity contribution in [2.45, 2.75) is 75.8 Å². The van der Waals surface area contributed by atoms with Gasteiger partial charge in [0.1, 0.15) is 6.10 Å². The van der Waals surface area contributed by atoms with Crippen LogP contribution in [0.25, 0.3) is 11.1 Å². The molecule has 0 saturated heterocycles. The number of halogens is 4. The molecule has 1 aromatic carbocycles. The van der Waals surface area contributed by atoms with Crippen molar-refractivity contribution in [2.75, 3.05) is 0 Å². The Kier molecular flexibility index (Phi) is 7.14. The molecule has 1 aromatic heterocycles. The van der Waals surface area contributed by atoms with Crippen LogP contribution in [0.3, 0.4) is 0 Å². The van der Waals surface area contributed by atoms with Crippen molar-refractivity contribution in [1.29, 1.82) is 0 Å². The smallest absolute Gasteiger partial charge is 0.416 e. The first-order chi connectivity index (χ1) is 15.7. The number of pyridine rings is 1. The first kappa shape index (κ1) is 23.8. The predicted octanol–water partition coefficient (Wildman–Crippen LogP) is 5.78. The van der Waals surface area contributed by atoms with Gasteiger partial charge >= 0.3 is 6.18 Å². The van der Waals surface area contributed by atoms with Crippen LogP contribution < -0.4 is 10.1 Å². The van der Waals surface area contributed by atoms with E-state index >= 15 is 0 Å². The molecule has 2 aliphatic rings. The number of hydrogen-bond acceptors (Lipinski definition) is 4. The van der Waals surface area contributed by atoms with E-state index in [0.717, 1.165) is 50.7 Å². The summed E-state index contributed by atoms with van der Waals surface area (Å²) < 4.78 is 46.1. The molecular weight excluding hydrogens is 457 g/mol. The summed E-state index contributed by atoms with van der Waals surface area (Å²) in [4.78, 5) is 17.2. The average Bonchev–Trinajstić information content (AvgIpc) is 3.28. The Bertz CT molecular complexity index is 1010. The zero-order valence-electron chi connectivity index (χ0n) is 18.0. The number of hydrogen-bond donors (Lipinski definition) is 2. The number of alkyl halides is 3. The molecule has 2 atom stereocenters. The Labute approximate surface area is 195 Å². The Morgan fingerprint density at radius 1 is 1.06 bits per heavy atom. The Morgan fingerprint density at radius 3 is 2.45 bits per heavy atom. The highest BCUT2D eigenvalue weighted by Gasteiger charge is 2.32. The summed E-state index contributed by atoms with van der Waals surface area (Å²) in [6, 6.07) is 4.14. The average molecular weight is 483 g/mol. The standard InChI is InChI=1S/C24H26ClF3N2O3/c25-19-10-9-15(24(26,27)28)12-17(19)18-11-14(13-29-23(18)33-16-5-1-2-6-16)22(32)30-20-7-3-4-8-21(20)31/h9-13,16,20-21,31H,1-8H2,(H,30,32)/t20-,21-/m1/s1. The zero-order valence-corrected chi connectivity index (χ0v) is 18.8. The Morgan fingerprint density at radius 2 is 1.76 bits per heavy atom. The van der Waals surface area contributed by atoms with Crippen LogP contribution in [-0.4, -0.2) is 34.2 Å². The van der Waals surface area contributed by atoms with E-state index in [1.54, 1.807) is 0 Å². The summed E-state index contributed by atoms with van der Waals surface area (Å²) in [6.45, 7) is 0. The van der Waals surface area contributed by atoms with Crippen LogP contribution in [0.1, 0.15) is 67.3 Å². The number of nitrogens with zero attached hydrogens (tertiary/aromatic N) is 1. The quantitative estimate of drug-likeness (QED) is 0.567. The topological polar surface area (TPSA) is 71.5 Å². The lowest BCUT2D eigenvalue weighted by atomic mass is 9.92. The van der Waals surface area contributed by atoms with Gasteiger partial charge in [-0.1, -0.05) is 24.4 Å². The van der Waals surface area contributed by atoms with Crippen LogP contribution in [0, 0.1) is 0 Å². The molecule has 0 bridgehead atoms. The van der Waals surface area contributed by atoms with E-state index < -0.39 is 23.8 Å². The molecule has 2 aromatic rings. The van der Waals surface area contributed by atoms with Gasteiger partial charge < -0.3 is 15.2 Å². The number of rotatable bonds is 5. The van der Waals surface area contributed by atoms with Gasteiger partial charge in [0.05, 0.1) is 23.3 Å². The fourth-order valence-electron chi connectivity index (χ4n) is 4.47. The molecule has 0 spiro atoms. The SMILES string of the molecule is O=C(N[C@@H]1CCCC[C@H]1O)c1cnc(OC2CCCC2)c(-c2cc(C(F)(F)F)ccc2Cl)c1. The number of carbonyl (C=O) groups is 1. The van der Waals surface area contributed by atoms with Crippen molar-refractivity contribution in [3.63, 3.8) is 0 Å². The number of nitrogens with one attached hydrogen (secondary N) is 1. The summed E-state index contributed by atoms with van der Waals surface area (Å²) >= 11 is 6.29. The van der Waals surface area contributed by atoms with Crippen molar-refractivity contribution in [1.82, 2.24) is 10.3 Å². The largest absolute Gasteiger partial charge is 0.474 e. The summed E-state index contributed by atoms with van der Waals surface area (Å²) in [7, 11) is 0. The van der Waals surface area contributed by atoms with Gasteiger partial charge in [0.2, 0.25) is 5.88 Å². The molecule has 1 amide bonds. The van der Waals surface area contributed by atoms with E-state index in [-0.39, 0.29) is 39.7 Å². The summed E-state index contributed by atoms with van der Waals surface area (Å²) in [5.41, 5.74) is -0.363. The maximum atomic E-state index is 13.4. The fraction of sp³-hybridized carbons (Fsp3) is 0.500. The van der Waals surface area contributed by atoms with Crippen LogP contribution in [0.2, 0.25) is 5.02 Å². The minimum Gasteiger partial charge on any atom is -0.474 e. The lowest BCUT2D eigenvalue weighted by molar-refractivity contribution is -0.137. The fourth-order valence-corrected chi connectivity index (χ4v) is 4.69. The van der Waals surface area contributed by atoms with Crippen LogP contribution in [0.5, 0.6) is 5.88 Å². The van der Waals surface area contributed by atoms with E-state index in [2.05, 4.69) is 10.3 Å². The molecule has 2 fully saturated rings. The van der Waals surface area contributed by atoms with E-state index in [4.69, 9.17) is 16.3 Å². The molecule has 0 unspecified atom stereocenters. The molecule has 9 heteroatoms. The van der Waals surface area contributed by atoms with Gasteiger partial charge in [-0.25, -0.2) is 4.98 Å². The third-order valence-electron chi connectivity index (χ3n) is 6.32. The molecule has 0 aliphatic heterocycles. The molecule has 33 heavy (non-hydrogen) atoms. The van der Waals surface area contributed by atoms with Crippen molar-refractivity contribution >= 4 is 17.5 Å². The number of aromatic nitrogens is 1. The minimum absolute atomic E-state index is 0.0853. The third kappa shape index (κ3) is 5.61. The molecule has 4 rings (SSSR count). The van der Waals surface area contributed by atoms with E-state index in [9.17, 15) is 23.1 Å². The second-order valence-electron chi connectivity index (χ2n) is 8.73. The molecule has 2 aliphatic carbocycles. The maximum Gasteiger partial charge on any atom is 0.416 e. The molecule has 2 saturated carbocycles. The normalized spacial score (nSPS) is 21.7. The van der Waals surface area contributed by atoms with Crippen molar-refractivity contribution < 1.29 is 27.8 Å². The van der Waals surface area contributed by atoms with Gasteiger partial charge in [0, 0.05) is 22.3 Å². The van der Waals surface area contributed by atoms with Crippen LogP contribution >= 0.6 is 11.6 Å². The van der Waals surface area contributed by atoms with Gasteiger partial charge in [-0.2, -0.15) is 13.2 Å². The van der Waals surface area contributed by atoms with Crippen LogP contribution in [0.4, 0.5) is 13.2 Å². The number of carbonyl (C=O) groups excluding carboxylic acids is 1. The van der Waals surface area contributed by atoms with Gasteiger partial charge in [-0.15, -0.1) is 0 Å². The first-order valence-electron chi connectivity index (χ1n) is 11.2. The molecular formula is C24H26ClF3N2O3. The predicted molar refractivity (Wildman–Crippen MR) is 118 cm³/mol. The number of amides is 1. The summed E-state index contributed by atoms with van der Waals surface area (Å²) in [6.07, 6.45) is 2.85. The second kappa shape index (κ2) is 9.89. The van der Waals surface area contributed by atoms with Gasteiger partial charge in [0.25, 0.3) is 5.91 Å². The molecule has 2 N–H and O–H groups in total. The third-order valence-corrected chi connectivity index (χ3v) is 6.65. The van der Waals surface area contributed by atoms with E-state index in [1.165, 1.54) is 18.3 Å². The number of aliphatic hydroxyl groups excluding tert-OH is 1. The number of benzene rings is 1. The van der Waals surface area contributed by atoms with E-state index in [0.29, 0.717) is 12.8 Å². The van der Waals surface area contributed by atoms with Crippen LogP contribution in [-0.2, 0) is 6.18 Å². The molecule has 178 valence electrons. The van der Waals surface area contributed by atoms with Crippen molar-refractivity contribution in [3.05, 3.63) is 46.6 Å².